The van der Waals surface area contributed by atoms with E-state index in [4.69, 9.17) is 0 Å². The largest absolute Gasteiger partial charge is 0.308 e. The maximum Gasteiger partial charge on any atom is 0.308 e. The van der Waals surface area contributed by atoms with E-state index in [9.17, 15) is 13.2 Å². The van der Waals surface area contributed by atoms with E-state index < -0.39 is 10.0 Å². The van der Waals surface area contributed by atoms with Gasteiger partial charge in [0.15, 0.2) is 0 Å². The molecule has 4 aromatic rings. The zero-order chi connectivity index (χ0) is 22.2. The maximum absolute atomic E-state index is 13.0. The van der Waals surface area contributed by atoms with Crippen LogP contribution < -0.4 is 9.60 Å². The smallest absolute Gasteiger partial charge is 0.294 e. The number of nitrogens with zero attached hydrogens (tertiary/aromatic N) is 1. The summed E-state index contributed by atoms with van der Waals surface area (Å²) in [6, 6.07) is 20.2. The van der Waals surface area contributed by atoms with Gasteiger partial charge in [0.1, 0.15) is 0 Å². The first-order valence-electron chi connectivity index (χ1n) is 10.0. The van der Waals surface area contributed by atoms with Gasteiger partial charge in [-0.1, -0.05) is 65.4 Å². The van der Waals surface area contributed by atoms with Crippen LogP contribution in [0.4, 0.5) is 0 Å². The second-order valence-corrected chi connectivity index (χ2v) is 10.5. The van der Waals surface area contributed by atoms with Crippen LogP contribution in [0.5, 0.6) is 0 Å². The number of fused-ring (bicyclic) bond motifs is 1. The summed E-state index contributed by atoms with van der Waals surface area (Å²) >= 11 is 1.06. The SMILES string of the molecule is Cc1ccc([C@@H](C)NS(=O)(=O)c2ccc3c(c2)sc(=O)n3Cc2ccccc2)c(C)c1. The monoisotopic (exact) mass is 452 g/mol. The first kappa shape index (κ1) is 21.5. The number of sulfonamides is 1. The molecule has 0 saturated carbocycles. The summed E-state index contributed by atoms with van der Waals surface area (Å²) < 4.78 is 31.2. The fraction of sp³-hybridized carbons (Fsp3) is 0.208. The number of thiazole rings is 1. The van der Waals surface area contributed by atoms with E-state index in [1.807, 2.05) is 69.3 Å². The average molecular weight is 453 g/mol. The molecule has 5 nitrogen and oxygen atoms in total. The fourth-order valence-corrected chi connectivity index (χ4v) is 6.06. The lowest BCUT2D eigenvalue weighted by Crippen LogP contribution is -2.27. The predicted octanol–water partition coefficient (Wildman–Crippen LogP) is 4.77. The Balaban J connectivity index is 1.64. The van der Waals surface area contributed by atoms with Gasteiger partial charge in [0.2, 0.25) is 10.0 Å². The van der Waals surface area contributed by atoms with Crippen LogP contribution in [0, 0.1) is 13.8 Å². The number of hydrogen-bond acceptors (Lipinski definition) is 4. The van der Waals surface area contributed by atoms with Crippen molar-refractivity contribution in [3.63, 3.8) is 0 Å². The fourth-order valence-electron chi connectivity index (χ4n) is 3.81. The molecule has 0 aliphatic heterocycles. The number of hydrogen-bond donors (Lipinski definition) is 1. The average Bonchev–Trinajstić information content (AvgIpc) is 3.03. The van der Waals surface area contributed by atoms with Crippen LogP contribution in [-0.4, -0.2) is 13.0 Å². The highest BCUT2D eigenvalue weighted by Crippen LogP contribution is 2.25. The Morgan fingerprint density at radius 1 is 1.00 bits per heavy atom. The lowest BCUT2D eigenvalue weighted by molar-refractivity contribution is 0.566. The van der Waals surface area contributed by atoms with Gasteiger partial charge in [0, 0.05) is 6.04 Å². The van der Waals surface area contributed by atoms with Crippen molar-refractivity contribution in [2.45, 2.75) is 38.3 Å². The summed E-state index contributed by atoms with van der Waals surface area (Å²) in [4.78, 5) is 12.6. The molecule has 1 heterocycles. The van der Waals surface area contributed by atoms with Gasteiger partial charge in [0.25, 0.3) is 0 Å². The van der Waals surface area contributed by atoms with Gasteiger partial charge in [0.05, 0.1) is 21.7 Å². The van der Waals surface area contributed by atoms with Crippen LogP contribution in [0.2, 0.25) is 0 Å². The second kappa shape index (κ2) is 8.42. The Morgan fingerprint density at radius 2 is 1.74 bits per heavy atom. The molecule has 0 amide bonds. The number of rotatable bonds is 6. The molecule has 1 N–H and O–H groups in total. The Bertz CT molecular complexity index is 1400. The molecule has 3 aromatic carbocycles. The maximum atomic E-state index is 13.0. The van der Waals surface area contributed by atoms with Gasteiger partial charge < -0.3 is 0 Å². The van der Waals surface area contributed by atoms with Crippen molar-refractivity contribution >= 4 is 31.6 Å². The third-order valence-electron chi connectivity index (χ3n) is 5.36. The van der Waals surface area contributed by atoms with Crippen LogP contribution in [-0.2, 0) is 16.6 Å². The van der Waals surface area contributed by atoms with Gasteiger partial charge in [-0.05, 0) is 55.7 Å². The lowest BCUT2D eigenvalue weighted by atomic mass is 10.0. The summed E-state index contributed by atoms with van der Waals surface area (Å²) in [5.74, 6) is 0. The minimum absolute atomic E-state index is 0.106. The molecule has 1 atom stereocenters. The Labute approximate surface area is 186 Å². The van der Waals surface area contributed by atoms with E-state index in [0.29, 0.717) is 11.2 Å². The molecule has 0 aliphatic carbocycles. The summed E-state index contributed by atoms with van der Waals surface area (Å²) in [7, 11) is -3.74. The molecule has 4 rings (SSSR count). The highest BCUT2D eigenvalue weighted by molar-refractivity contribution is 7.89. The van der Waals surface area contributed by atoms with E-state index in [2.05, 4.69) is 4.72 Å². The number of aryl methyl sites for hydroxylation is 2. The van der Waals surface area contributed by atoms with Gasteiger partial charge in [-0.15, -0.1) is 0 Å². The number of aromatic nitrogens is 1. The molecule has 0 bridgehead atoms. The molecule has 0 spiro atoms. The zero-order valence-electron chi connectivity index (χ0n) is 17.6. The number of benzene rings is 3. The molecule has 160 valence electrons. The third kappa shape index (κ3) is 4.49. The Kier molecular flexibility index (Phi) is 5.83. The molecule has 0 unspecified atom stereocenters. The molecule has 0 saturated heterocycles. The van der Waals surface area contributed by atoms with Gasteiger partial charge in [-0.25, -0.2) is 13.1 Å². The molecule has 0 radical (unpaired) electrons. The van der Waals surface area contributed by atoms with Crippen molar-refractivity contribution < 1.29 is 8.42 Å². The van der Waals surface area contributed by atoms with E-state index in [-0.39, 0.29) is 15.8 Å². The van der Waals surface area contributed by atoms with Crippen molar-refractivity contribution in [3.05, 3.63) is 98.7 Å². The summed E-state index contributed by atoms with van der Waals surface area (Å²) in [5.41, 5.74) is 4.87. The third-order valence-corrected chi connectivity index (χ3v) is 7.84. The normalized spacial score (nSPS) is 12.9. The second-order valence-electron chi connectivity index (χ2n) is 7.77. The van der Waals surface area contributed by atoms with Gasteiger partial charge >= 0.3 is 4.87 Å². The number of nitrogens with one attached hydrogen (secondary N) is 1. The van der Waals surface area contributed by atoms with Crippen LogP contribution in [0.1, 0.15) is 35.2 Å². The first-order chi connectivity index (χ1) is 14.7. The molecule has 7 heteroatoms. The topological polar surface area (TPSA) is 68.2 Å². The molecule has 31 heavy (non-hydrogen) atoms. The summed E-state index contributed by atoms with van der Waals surface area (Å²) in [6.07, 6.45) is 0. The van der Waals surface area contributed by atoms with E-state index in [1.165, 1.54) is 0 Å². The summed E-state index contributed by atoms with van der Waals surface area (Å²) in [6.45, 7) is 6.28. The van der Waals surface area contributed by atoms with Gasteiger partial charge in [-0.2, -0.15) is 0 Å². The highest BCUT2D eigenvalue weighted by Gasteiger charge is 2.21. The van der Waals surface area contributed by atoms with E-state index in [1.54, 1.807) is 22.8 Å². The minimum atomic E-state index is -3.74. The summed E-state index contributed by atoms with van der Waals surface area (Å²) in [5, 5.41) is 0. The highest BCUT2D eigenvalue weighted by atomic mass is 32.2. The van der Waals surface area contributed by atoms with Crippen LogP contribution in [0.3, 0.4) is 0 Å². The van der Waals surface area contributed by atoms with Crippen molar-refractivity contribution in [2.24, 2.45) is 0 Å². The van der Waals surface area contributed by atoms with Crippen LogP contribution in [0.25, 0.3) is 10.2 Å². The lowest BCUT2D eigenvalue weighted by Gasteiger charge is -2.17. The van der Waals surface area contributed by atoms with Crippen LogP contribution in [0.15, 0.2) is 76.4 Å². The molecule has 1 aromatic heterocycles. The molecule has 0 fully saturated rings. The molecule has 0 aliphatic rings. The minimum Gasteiger partial charge on any atom is -0.294 e. The van der Waals surface area contributed by atoms with Crippen molar-refractivity contribution in [3.8, 4) is 0 Å². The van der Waals surface area contributed by atoms with Crippen molar-refractivity contribution in [1.29, 1.82) is 0 Å². The van der Waals surface area contributed by atoms with E-state index in [0.717, 1.165) is 39.1 Å². The molecular formula is C24H24N2O3S2. The Morgan fingerprint density at radius 3 is 2.45 bits per heavy atom. The van der Waals surface area contributed by atoms with E-state index >= 15 is 0 Å². The predicted molar refractivity (Wildman–Crippen MR) is 126 cm³/mol. The standard InChI is InChI=1S/C24H24N2O3S2/c1-16-9-11-21(17(2)13-16)18(3)25-31(28,29)20-10-12-22-23(14-20)30-24(27)26(22)15-19-7-5-4-6-8-19/h4-14,18,25H,15H2,1-3H3/t18-/m1/s1. The molecular weight excluding hydrogens is 428 g/mol. The Hall–Kier alpha value is -2.74. The quantitative estimate of drug-likeness (QED) is 0.458. The van der Waals surface area contributed by atoms with Crippen LogP contribution >= 0.6 is 11.3 Å². The van der Waals surface area contributed by atoms with Crippen molar-refractivity contribution in [2.75, 3.05) is 0 Å². The zero-order valence-corrected chi connectivity index (χ0v) is 19.3. The van der Waals surface area contributed by atoms with Gasteiger partial charge in [-0.3, -0.25) is 9.36 Å². The first-order valence-corrected chi connectivity index (χ1v) is 12.3. The van der Waals surface area contributed by atoms with Crippen molar-refractivity contribution in [1.82, 2.24) is 9.29 Å².